The Morgan fingerprint density at radius 2 is 2.27 bits per heavy atom. The Labute approximate surface area is 90.0 Å². The van der Waals surface area contributed by atoms with Gasteiger partial charge in [0.25, 0.3) is 5.78 Å². The molecule has 0 saturated carbocycles. The molecule has 0 fully saturated rings. The van der Waals surface area contributed by atoms with E-state index in [0.717, 1.165) is 6.20 Å². The first-order valence-electron chi connectivity index (χ1n) is 4.09. The van der Waals surface area contributed by atoms with Gasteiger partial charge in [-0.05, 0) is 13.0 Å². The molecule has 0 aliphatic heterocycles. The minimum atomic E-state index is -1.15. The first-order valence-corrected chi connectivity index (χ1v) is 4.47. The molecule has 0 atom stereocenters. The second-order valence-corrected chi connectivity index (χ2v) is 2.92. The van der Waals surface area contributed by atoms with Crippen molar-refractivity contribution in [2.45, 2.75) is 6.92 Å². The molecule has 4 nitrogen and oxygen atoms in total. The molecule has 0 unspecified atom stereocenters. The highest BCUT2D eigenvalue weighted by atomic mass is 35.5. The van der Waals surface area contributed by atoms with Crippen LogP contribution >= 0.6 is 11.6 Å². The van der Waals surface area contributed by atoms with E-state index < -0.39 is 23.3 Å². The Kier molecular flexibility index (Phi) is 3.74. The number of ketones is 1. The van der Waals surface area contributed by atoms with Gasteiger partial charge in [-0.15, -0.1) is 0 Å². The van der Waals surface area contributed by atoms with Gasteiger partial charge in [0.2, 0.25) is 5.95 Å². The SMILES string of the molecule is CCOC(=O)C(=O)c1c(Cl)ccnc1F. The zero-order chi connectivity index (χ0) is 11.4. The van der Waals surface area contributed by atoms with Gasteiger partial charge in [-0.2, -0.15) is 4.39 Å². The molecule has 0 bridgehead atoms. The molecule has 0 saturated heterocycles. The normalized spacial score (nSPS) is 9.80. The number of aromatic nitrogens is 1. The van der Waals surface area contributed by atoms with Crippen molar-refractivity contribution in [3.05, 3.63) is 28.8 Å². The lowest BCUT2D eigenvalue weighted by Crippen LogP contribution is -2.19. The van der Waals surface area contributed by atoms with E-state index in [0.29, 0.717) is 0 Å². The lowest BCUT2D eigenvalue weighted by atomic mass is 10.2. The largest absolute Gasteiger partial charge is 0.460 e. The van der Waals surface area contributed by atoms with Crippen LogP contribution in [0.3, 0.4) is 0 Å². The van der Waals surface area contributed by atoms with Crippen LogP contribution in [0.2, 0.25) is 5.02 Å². The summed E-state index contributed by atoms with van der Waals surface area (Å²) in [4.78, 5) is 25.6. The summed E-state index contributed by atoms with van der Waals surface area (Å²) in [5.74, 6) is -3.36. The van der Waals surface area contributed by atoms with Gasteiger partial charge in [0.15, 0.2) is 0 Å². The number of nitrogens with zero attached hydrogens (tertiary/aromatic N) is 1. The van der Waals surface area contributed by atoms with Crippen molar-refractivity contribution < 1.29 is 18.7 Å². The predicted molar refractivity (Wildman–Crippen MR) is 50.2 cm³/mol. The first kappa shape index (κ1) is 11.6. The van der Waals surface area contributed by atoms with E-state index in [1.165, 1.54) is 13.0 Å². The first-order chi connectivity index (χ1) is 7.07. The predicted octanol–water partition coefficient (Wildman–Crippen LogP) is 1.62. The van der Waals surface area contributed by atoms with Gasteiger partial charge < -0.3 is 4.74 Å². The second kappa shape index (κ2) is 4.84. The lowest BCUT2D eigenvalue weighted by Gasteiger charge is -2.03. The summed E-state index contributed by atoms with van der Waals surface area (Å²) in [6.07, 6.45) is 1.10. The smallest absolute Gasteiger partial charge is 0.379 e. The standard InChI is InChI=1S/C9H7ClFNO3/c1-2-15-9(14)7(13)6-5(10)3-4-12-8(6)11/h3-4H,2H2,1H3. The Hall–Kier alpha value is -1.49. The van der Waals surface area contributed by atoms with Crippen LogP contribution < -0.4 is 0 Å². The van der Waals surface area contributed by atoms with Crippen LogP contribution in [-0.4, -0.2) is 23.3 Å². The molecule has 1 heterocycles. The molecular weight excluding hydrogens is 225 g/mol. The fourth-order valence-corrected chi connectivity index (χ4v) is 1.14. The zero-order valence-corrected chi connectivity index (χ0v) is 8.55. The van der Waals surface area contributed by atoms with Crippen LogP contribution in [0.1, 0.15) is 17.3 Å². The maximum Gasteiger partial charge on any atom is 0.379 e. The van der Waals surface area contributed by atoms with Gasteiger partial charge >= 0.3 is 5.97 Å². The molecule has 80 valence electrons. The molecule has 6 heteroatoms. The Balaban J connectivity index is 3.06. The number of ether oxygens (including phenoxy) is 1. The van der Waals surface area contributed by atoms with Crippen molar-refractivity contribution in [3.8, 4) is 0 Å². The summed E-state index contributed by atoms with van der Waals surface area (Å²) in [7, 11) is 0. The fraction of sp³-hybridized carbons (Fsp3) is 0.222. The second-order valence-electron chi connectivity index (χ2n) is 2.51. The summed E-state index contributed by atoms with van der Waals surface area (Å²) in [5.41, 5.74) is -0.558. The van der Waals surface area contributed by atoms with Crippen molar-refractivity contribution in [2.24, 2.45) is 0 Å². The molecule has 1 aromatic heterocycles. The molecular formula is C9H7ClFNO3. The molecule has 0 amide bonds. The number of Topliss-reactive ketones (excluding diaryl/α,β-unsaturated/α-hetero) is 1. The number of carbonyl (C=O) groups excluding carboxylic acids is 2. The van der Waals surface area contributed by atoms with Crippen LogP contribution in [0.5, 0.6) is 0 Å². The quantitative estimate of drug-likeness (QED) is 0.343. The van der Waals surface area contributed by atoms with Crippen molar-refractivity contribution >= 4 is 23.4 Å². The lowest BCUT2D eigenvalue weighted by molar-refractivity contribution is -0.137. The number of halogens is 2. The Morgan fingerprint density at radius 1 is 1.60 bits per heavy atom. The number of carbonyl (C=O) groups is 2. The van der Waals surface area contributed by atoms with Crippen LogP contribution in [0.25, 0.3) is 0 Å². The number of esters is 1. The molecule has 0 N–H and O–H groups in total. The molecule has 1 rings (SSSR count). The number of hydrogen-bond donors (Lipinski definition) is 0. The fourth-order valence-electron chi connectivity index (χ4n) is 0.915. The van der Waals surface area contributed by atoms with Gasteiger partial charge in [0.1, 0.15) is 5.56 Å². The van der Waals surface area contributed by atoms with Crippen molar-refractivity contribution in [2.75, 3.05) is 6.61 Å². The highest BCUT2D eigenvalue weighted by molar-refractivity contribution is 6.45. The van der Waals surface area contributed by atoms with E-state index in [1.54, 1.807) is 0 Å². The van der Waals surface area contributed by atoms with E-state index in [4.69, 9.17) is 11.6 Å². The van der Waals surface area contributed by atoms with E-state index in [9.17, 15) is 14.0 Å². The number of rotatable bonds is 3. The molecule has 15 heavy (non-hydrogen) atoms. The van der Waals surface area contributed by atoms with E-state index >= 15 is 0 Å². The van der Waals surface area contributed by atoms with Gasteiger partial charge in [-0.25, -0.2) is 9.78 Å². The minimum Gasteiger partial charge on any atom is -0.460 e. The average Bonchev–Trinajstić information content (AvgIpc) is 2.17. The van der Waals surface area contributed by atoms with Gasteiger partial charge in [-0.3, -0.25) is 4.79 Å². The summed E-state index contributed by atoms with van der Waals surface area (Å²) in [6.45, 7) is 1.57. The third-order valence-corrected chi connectivity index (χ3v) is 1.86. The van der Waals surface area contributed by atoms with Crippen molar-refractivity contribution in [1.29, 1.82) is 0 Å². The number of pyridine rings is 1. The van der Waals surface area contributed by atoms with Crippen molar-refractivity contribution in [3.63, 3.8) is 0 Å². The van der Waals surface area contributed by atoms with Crippen LogP contribution in [-0.2, 0) is 9.53 Å². The zero-order valence-electron chi connectivity index (χ0n) is 7.79. The molecule has 0 aromatic carbocycles. The van der Waals surface area contributed by atoms with Crippen LogP contribution in [0.15, 0.2) is 12.3 Å². The maximum absolute atomic E-state index is 13.1. The van der Waals surface area contributed by atoms with Crippen LogP contribution in [0.4, 0.5) is 4.39 Å². The summed E-state index contributed by atoms with van der Waals surface area (Å²) in [6, 6.07) is 1.22. The average molecular weight is 232 g/mol. The summed E-state index contributed by atoms with van der Waals surface area (Å²) in [5, 5.41) is -0.166. The van der Waals surface area contributed by atoms with E-state index in [-0.39, 0.29) is 11.6 Å². The van der Waals surface area contributed by atoms with E-state index in [2.05, 4.69) is 9.72 Å². The summed E-state index contributed by atoms with van der Waals surface area (Å²) >= 11 is 5.56. The monoisotopic (exact) mass is 231 g/mol. The van der Waals surface area contributed by atoms with Gasteiger partial charge in [0, 0.05) is 6.20 Å². The molecule has 0 aliphatic carbocycles. The third kappa shape index (κ3) is 2.50. The van der Waals surface area contributed by atoms with Crippen LogP contribution in [0, 0.1) is 5.95 Å². The minimum absolute atomic E-state index is 0.0318. The highest BCUT2D eigenvalue weighted by Crippen LogP contribution is 2.17. The van der Waals surface area contributed by atoms with Gasteiger partial charge in [0.05, 0.1) is 11.6 Å². The number of hydrogen-bond acceptors (Lipinski definition) is 4. The molecule has 1 aromatic rings. The third-order valence-electron chi connectivity index (χ3n) is 1.54. The topological polar surface area (TPSA) is 56.3 Å². The molecule has 0 aliphatic rings. The van der Waals surface area contributed by atoms with E-state index in [1.807, 2.05) is 0 Å². The Bertz CT molecular complexity index is 388. The van der Waals surface area contributed by atoms with Crippen molar-refractivity contribution in [1.82, 2.24) is 4.98 Å². The van der Waals surface area contributed by atoms with Gasteiger partial charge in [-0.1, -0.05) is 11.6 Å². The maximum atomic E-state index is 13.1. The molecule has 0 spiro atoms. The Morgan fingerprint density at radius 3 is 2.80 bits per heavy atom. The summed E-state index contributed by atoms with van der Waals surface area (Å²) < 4.78 is 17.5. The molecule has 0 radical (unpaired) electrons. The highest BCUT2D eigenvalue weighted by Gasteiger charge is 2.24.